The molecule has 1 saturated heterocycles. The summed E-state index contributed by atoms with van der Waals surface area (Å²) in [6, 6.07) is 14.9. The topological polar surface area (TPSA) is 55.8 Å². The van der Waals surface area contributed by atoms with Gasteiger partial charge in [0.05, 0.1) is 13.0 Å². The highest BCUT2D eigenvalue weighted by molar-refractivity contribution is 5.99. The van der Waals surface area contributed by atoms with Gasteiger partial charge in [0.2, 0.25) is 5.91 Å². The molecule has 28 heavy (non-hydrogen) atoms. The minimum atomic E-state index is -0.481. The number of carbonyl (C=O) groups is 2. The van der Waals surface area contributed by atoms with Crippen molar-refractivity contribution in [2.45, 2.75) is 39.0 Å². The van der Waals surface area contributed by atoms with Gasteiger partial charge in [-0.1, -0.05) is 39.0 Å². The predicted molar refractivity (Wildman–Crippen MR) is 109 cm³/mol. The summed E-state index contributed by atoms with van der Waals surface area (Å²) in [5.74, 6) is 0.237. The highest BCUT2D eigenvalue weighted by atomic mass is 16.5. The number of anilines is 1. The summed E-state index contributed by atoms with van der Waals surface area (Å²) in [6.45, 7) is 6.83. The molecule has 0 spiro atoms. The van der Waals surface area contributed by atoms with Gasteiger partial charge in [-0.2, -0.15) is 0 Å². The van der Waals surface area contributed by atoms with Crippen molar-refractivity contribution in [2.75, 3.05) is 18.6 Å². The number of esters is 1. The zero-order chi connectivity index (χ0) is 20.3. The Hall–Kier alpha value is -2.82. The lowest BCUT2D eigenvalue weighted by molar-refractivity contribution is -0.139. The number of hydrogen-bond acceptors (Lipinski definition) is 4. The summed E-state index contributed by atoms with van der Waals surface area (Å²) in [6.07, 6.45) is 1.17. The molecule has 2 aromatic rings. The smallest absolute Gasteiger partial charge is 0.316 e. The minimum Gasteiger partial charge on any atom is -0.497 e. The van der Waals surface area contributed by atoms with Gasteiger partial charge in [0.25, 0.3) is 0 Å². The average Bonchev–Trinajstić information content (AvgIpc) is 3.10. The quantitative estimate of drug-likeness (QED) is 0.552. The molecule has 1 aliphatic rings. The lowest BCUT2D eigenvalue weighted by Crippen LogP contribution is -2.27. The van der Waals surface area contributed by atoms with Crippen molar-refractivity contribution >= 4 is 17.6 Å². The van der Waals surface area contributed by atoms with Crippen molar-refractivity contribution in [3.8, 4) is 11.5 Å². The molecule has 1 aliphatic heterocycles. The Balaban J connectivity index is 1.66. The number of carbonyl (C=O) groups excluding carboxylic acids is 2. The van der Waals surface area contributed by atoms with E-state index in [4.69, 9.17) is 9.47 Å². The molecule has 1 heterocycles. The maximum atomic E-state index is 12.6. The van der Waals surface area contributed by atoms with Gasteiger partial charge in [-0.15, -0.1) is 0 Å². The maximum Gasteiger partial charge on any atom is 0.316 e. The van der Waals surface area contributed by atoms with Crippen LogP contribution in [0.3, 0.4) is 0 Å². The number of methoxy groups -OCH3 is 1. The van der Waals surface area contributed by atoms with Crippen LogP contribution in [-0.4, -0.2) is 25.5 Å². The predicted octanol–water partition coefficient (Wildman–Crippen LogP) is 4.34. The van der Waals surface area contributed by atoms with E-state index in [-0.39, 0.29) is 23.7 Å². The van der Waals surface area contributed by atoms with Gasteiger partial charge in [-0.05, 0) is 41.7 Å². The van der Waals surface area contributed by atoms with Gasteiger partial charge < -0.3 is 14.4 Å². The molecule has 5 heteroatoms. The first-order valence-corrected chi connectivity index (χ1v) is 9.60. The first kappa shape index (κ1) is 19.9. The van der Waals surface area contributed by atoms with Crippen LogP contribution in [0.2, 0.25) is 0 Å². The highest BCUT2D eigenvalue weighted by Crippen LogP contribution is 2.30. The van der Waals surface area contributed by atoms with E-state index in [1.54, 1.807) is 18.1 Å². The Bertz CT molecular complexity index is 857. The van der Waals surface area contributed by atoms with Crippen LogP contribution in [0, 0.1) is 5.92 Å². The summed E-state index contributed by atoms with van der Waals surface area (Å²) in [4.78, 5) is 26.6. The number of rotatable bonds is 6. The first-order chi connectivity index (χ1) is 13.3. The van der Waals surface area contributed by atoms with Crippen LogP contribution in [0.25, 0.3) is 0 Å². The second kappa shape index (κ2) is 8.05. The summed E-state index contributed by atoms with van der Waals surface area (Å²) in [7, 11) is 1.58. The van der Waals surface area contributed by atoms with Crippen LogP contribution >= 0.6 is 0 Å². The Kier molecular flexibility index (Phi) is 5.73. The second-order valence-electron chi connectivity index (χ2n) is 7.79. The zero-order valence-electron chi connectivity index (χ0n) is 16.9. The van der Waals surface area contributed by atoms with Crippen LogP contribution in [0.4, 0.5) is 5.69 Å². The molecule has 2 aromatic carbocycles. The zero-order valence-corrected chi connectivity index (χ0v) is 16.9. The van der Waals surface area contributed by atoms with Gasteiger partial charge in [-0.3, -0.25) is 9.59 Å². The van der Waals surface area contributed by atoms with Crippen molar-refractivity contribution in [1.82, 2.24) is 0 Å². The van der Waals surface area contributed by atoms with Gasteiger partial charge in [0.15, 0.2) is 0 Å². The van der Waals surface area contributed by atoms with Crippen molar-refractivity contribution in [3.63, 3.8) is 0 Å². The fourth-order valence-corrected chi connectivity index (χ4v) is 3.27. The van der Waals surface area contributed by atoms with Crippen molar-refractivity contribution < 1.29 is 19.1 Å². The monoisotopic (exact) mass is 381 g/mol. The van der Waals surface area contributed by atoms with E-state index in [2.05, 4.69) is 20.8 Å². The van der Waals surface area contributed by atoms with Crippen molar-refractivity contribution in [3.05, 3.63) is 54.1 Å². The van der Waals surface area contributed by atoms with Crippen molar-refractivity contribution in [1.29, 1.82) is 0 Å². The third-order valence-corrected chi connectivity index (χ3v) is 5.56. The van der Waals surface area contributed by atoms with E-state index < -0.39 is 5.92 Å². The van der Waals surface area contributed by atoms with E-state index in [1.807, 2.05) is 42.5 Å². The summed E-state index contributed by atoms with van der Waals surface area (Å²) in [5, 5.41) is 0. The lowest BCUT2D eigenvalue weighted by atomic mass is 9.82. The summed E-state index contributed by atoms with van der Waals surface area (Å²) < 4.78 is 10.7. The molecule has 0 saturated carbocycles. The van der Waals surface area contributed by atoms with Gasteiger partial charge in [0.1, 0.15) is 11.5 Å². The average molecular weight is 381 g/mol. The van der Waals surface area contributed by atoms with Crippen molar-refractivity contribution in [2.24, 2.45) is 5.92 Å². The summed E-state index contributed by atoms with van der Waals surface area (Å²) in [5.41, 5.74) is 2.01. The van der Waals surface area contributed by atoms with Gasteiger partial charge in [-0.25, -0.2) is 0 Å². The minimum absolute atomic E-state index is 0.0810. The van der Waals surface area contributed by atoms with Crippen LogP contribution in [0.15, 0.2) is 48.5 Å². The SMILES string of the molecule is CCC(C)(C)c1ccc(OC(=O)[C@H]2CC(=O)N(c3cccc(OC)c3)C2)cc1. The molecule has 1 fully saturated rings. The van der Waals surface area contributed by atoms with Crippen LogP contribution in [0.1, 0.15) is 39.2 Å². The standard InChI is InChI=1S/C23H27NO4/c1-5-23(2,3)17-9-11-19(12-10-17)28-22(26)16-13-21(25)24(15-16)18-7-6-8-20(14-18)27-4/h6-12,14,16H,5,13,15H2,1-4H3/t16-/m0/s1. The molecule has 0 radical (unpaired) electrons. The lowest BCUT2D eigenvalue weighted by Gasteiger charge is -2.23. The summed E-state index contributed by atoms with van der Waals surface area (Å²) >= 11 is 0. The van der Waals surface area contributed by atoms with E-state index in [0.29, 0.717) is 18.0 Å². The van der Waals surface area contributed by atoms with E-state index in [1.165, 1.54) is 5.56 Å². The molecule has 3 rings (SSSR count). The Morgan fingerprint density at radius 2 is 1.86 bits per heavy atom. The molecule has 0 aliphatic carbocycles. The molecule has 0 aromatic heterocycles. The fraction of sp³-hybridized carbons (Fsp3) is 0.391. The number of amides is 1. The molecular formula is C23H27NO4. The Morgan fingerprint density at radius 1 is 1.14 bits per heavy atom. The normalized spacial score (nSPS) is 16.9. The van der Waals surface area contributed by atoms with E-state index >= 15 is 0 Å². The molecule has 1 atom stereocenters. The van der Waals surface area contributed by atoms with Gasteiger partial charge in [0, 0.05) is 24.7 Å². The Morgan fingerprint density at radius 3 is 2.50 bits per heavy atom. The molecule has 0 N–H and O–H groups in total. The van der Waals surface area contributed by atoms with E-state index in [0.717, 1.165) is 12.1 Å². The van der Waals surface area contributed by atoms with Crippen LogP contribution in [0.5, 0.6) is 11.5 Å². The maximum absolute atomic E-state index is 12.6. The third-order valence-electron chi connectivity index (χ3n) is 5.56. The van der Waals surface area contributed by atoms with Crippen LogP contribution < -0.4 is 14.4 Å². The highest BCUT2D eigenvalue weighted by Gasteiger charge is 2.36. The molecule has 0 unspecified atom stereocenters. The molecule has 0 bridgehead atoms. The third kappa shape index (κ3) is 4.19. The molecule has 1 amide bonds. The fourth-order valence-electron chi connectivity index (χ4n) is 3.27. The second-order valence-corrected chi connectivity index (χ2v) is 7.79. The van der Waals surface area contributed by atoms with E-state index in [9.17, 15) is 9.59 Å². The number of hydrogen-bond donors (Lipinski definition) is 0. The first-order valence-electron chi connectivity index (χ1n) is 9.60. The molecular weight excluding hydrogens is 354 g/mol. The van der Waals surface area contributed by atoms with Crippen LogP contribution in [-0.2, 0) is 15.0 Å². The molecule has 148 valence electrons. The number of ether oxygens (including phenoxy) is 2. The largest absolute Gasteiger partial charge is 0.497 e. The number of benzene rings is 2. The van der Waals surface area contributed by atoms with Gasteiger partial charge >= 0.3 is 5.97 Å². The molecule has 5 nitrogen and oxygen atoms in total. The number of nitrogens with zero attached hydrogens (tertiary/aromatic N) is 1. The Labute approximate surface area is 166 Å².